The number of hydrogen-bond acceptors (Lipinski definition) is 3. The fourth-order valence-electron chi connectivity index (χ4n) is 1.16. The number of phenols is 1. The Labute approximate surface area is 88.1 Å². The van der Waals surface area contributed by atoms with Gasteiger partial charge in [0.2, 0.25) is 0 Å². The molecule has 0 aliphatic heterocycles. The third-order valence-corrected chi connectivity index (χ3v) is 1.99. The van der Waals surface area contributed by atoms with Crippen LogP contribution in [-0.4, -0.2) is 23.4 Å². The first kappa shape index (κ1) is 11.8. The van der Waals surface area contributed by atoms with Gasteiger partial charge >= 0.3 is 0 Å². The molecule has 0 fully saturated rings. The Morgan fingerprint density at radius 1 is 1.20 bits per heavy atom. The maximum atomic E-state index is 12.8. The molecule has 0 amide bonds. The molecule has 0 radical (unpaired) electrons. The molecule has 0 atom stereocenters. The van der Waals surface area contributed by atoms with Crippen LogP contribution in [-0.2, 0) is 0 Å². The monoisotopic (exact) mass is 214 g/mol. The standard InChI is InChI=1S/C11H15FO3/c12-10-8-9(4-5-11(10)14)15-7-3-1-2-6-13/h4-5,8,13-14H,1-3,6-7H2. The van der Waals surface area contributed by atoms with E-state index in [1.807, 2.05) is 0 Å². The van der Waals surface area contributed by atoms with Crippen molar-refractivity contribution >= 4 is 0 Å². The quantitative estimate of drug-likeness (QED) is 0.713. The molecular formula is C11H15FO3. The summed E-state index contributed by atoms with van der Waals surface area (Å²) in [6, 6.07) is 3.93. The predicted octanol–water partition coefficient (Wildman–Crippen LogP) is 2.07. The highest BCUT2D eigenvalue weighted by Crippen LogP contribution is 2.21. The van der Waals surface area contributed by atoms with Crippen LogP contribution in [0.25, 0.3) is 0 Å². The summed E-state index contributed by atoms with van der Waals surface area (Å²) < 4.78 is 18.1. The number of benzene rings is 1. The van der Waals surface area contributed by atoms with Gasteiger partial charge in [-0.3, -0.25) is 0 Å². The largest absolute Gasteiger partial charge is 0.505 e. The molecular weight excluding hydrogens is 199 g/mol. The molecule has 0 aliphatic rings. The van der Waals surface area contributed by atoms with Gasteiger partial charge in [0.25, 0.3) is 0 Å². The van der Waals surface area contributed by atoms with Gasteiger partial charge in [0.15, 0.2) is 11.6 Å². The topological polar surface area (TPSA) is 49.7 Å². The molecule has 0 saturated heterocycles. The van der Waals surface area contributed by atoms with Gasteiger partial charge in [0.05, 0.1) is 6.61 Å². The van der Waals surface area contributed by atoms with E-state index in [0.717, 1.165) is 25.3 Å². The SMILES string of the molecule is OCCCCCOc1ccc(O)c(F)c1. The van der Waals surface area contributed by atoms with Crippen molar-refractivity contribution in [2.24, 2.45) is 0 Å². The lowest BCUT2D eigenvalue weighted by Crippen LogP contribution is -1.98. The molecule has 1 aromatic carbocycles. The average Bonchev–Trinajstić information content (AvgIpc) is 2.23. The second-order valence-corrected chi connectivity index (χ2v) is 3.25. The minimum absolute atomic E-state index is 0.188. The van der Waals surface area contributed by atoms with Crippen molar-refractivity contribution in [1.29, 1.82) is 0 Å². The summed E-state index contributed by atoms with van der Waals surface area (Å²) in [5.41, 5.74) is 0. The first-order valence-electron chi connectivity index (χ1n) is 4.96. The summed E-state index contributed by atoms with van der Waals surface area (Å²) in [6.07, 6.45) is 2.47. The number of rotatable bonds is 6. The fourth-order valence-corrected chi connectivity index (χ4v) is 1.16. The van der Waals surface area contributed by atoms with Crippen LogP contribution in [0.5, 0.6) is 11.5 Å². The second kappa shape index (κ2) is 6.24. The Morgan fingerprint density at radius 3 is 2.67 bits per heavy atom. The van der Waals surface area contributed by atoms with Gasteiger partial charge < -0.3 is 14.9 Å². The van der Waals surface area contributed by atoms with Crippen LogP contribution in [0.15, 0.2) is 18.2 Å². The lowest BCUT2D eigenvalue weighted by molar-refractivity contribution is 0.265. The summed E-state index contributed by atoms with van der Waals surface area (Å²) >= 11 is 0. The summed E-state index contributed by atoms with van der Waals surface area (Å²) in [5.74, 6) is -0.639. The summed E-state index contributed by atoms with van der Waals surface area (Å²) in [4.78, 5) is 0. The zero-order chi connectivity index (χ0) is 11.1. The lowest BCUT2D eigenvalue weighted by Gasteiger charge is -2.06. The van der Waals surface area contributed by atoms with E-state index in [9.17, 15) is 4.39 Å². The molecule has 0 aromatic heterocycles. The molecule has 2 N–H and O–H groups in total. The van der Waals surface area contributed by atoms with Gasteiger partial charge in [0, 0.05) is 12.7 Å². The zero-order valence-corrected chi connectivity index (χ0v) is 8.45. The highest BCUT2D eigenvalue weighted by Gasteiger charge is 2.01. The molecule has 1 rings (SSSR count). The van der Waals surface area contributed by atoms with Crippen LogP contribution in [0.3, 0.4) is 0 Å². The second-order valence-electron chi connectivity index (χ2n) is 3.25. The molecule has 0 bridgehead atoms. The molecule has 84 valence electrons. The molecule has 3 nitrogen and oxygen atoms in total. The van der Waals surface area contributed by atoms with Crippen LogP contribution >= 0.6 is 0 Å². The summed E-state index contributed by atoms with van der Waals surface area (Å²) in [5, 5.41) is 17.5. The van der Waals surface area contributed by atoms with Crippen LogP contribution in [0.2, 0.25) is 0 Å². The van der Waals surface area contributed by atoms with E-state index in [1.165, 1.54) is 12.1 Å². The zero-order valence-electron chi connectivity index (χ0n) is 8.45. The van der Waals surface area contributed by atoms with Crippen molar-refractivity contribution in [2.75, 3.05) is 13.2 Å². The third kappa shape index (κ3) is 4.16. The van der Waals surface area contributed by atoms with Gasteiger partial charge in [-0.2, -0.15) is 0 Å². The van der Waals surface area contributed by atoms with Crippen molar-refractivity contribution < 1.29 is 19.3 Å². The van der Waals surface area contributed by atoms with Gasteiger partial charge in [-0.15, -0.1) is 0 Å². The number of aliphatic hydroxyl groups excluding tert-OH is 1. The third-order valence-electron chi connectivity index (χ3n) is 1.99. The van der Waals surface area contributed by atoms with Gasteiger partial charge in [-0.05, 0) is 31.4 Å². The van der Waals surface area contributed by atoms with Crippen molar-refractivity contribution in [3.8, 4) is 11.5 Å². The van der Waals surface area contributed by atoms with E-state index in [1.54, 1.807) is 0 Å². The normalized spacial score (nSPS) is 10.3. The molecule has 0 unspecified atom stereocenters. The molecule has 0 aliphatic carbocycles. The summed E-state index contributed by atoms with van der Waals surface area (Å²) in [6.45, 7) is 0.679. The van der Waals surface area contributed by atoms with Gasteiger partial charge in [-0.1, -0.05) is 0 Å². The lowest BCUT2D eigenvalue weighted by atomic mass is 10.2. The number of unbranched alkanes of at least 4 members (excludes halogenated alkanes) is 2. The molecule has 0 spiro atoms. The Balaban J connectivity index is 2.28. The smallest absolute Gasteiger partial charge is 0.168 e. The number of phenolic OH excluding ortho intramolecular Hbond substituents is 1. The number of halogens is 1. The Hall–Kier alpha value is -1.29. The highest BCUT2D eigenvalue weighted by molar-refractivity contribution is 5.31. The fraction of sp³-hybridized carbons (Fsp3) is 0.455. The first-order chi connectivity index (χ1) is 7.24. The predicted molar refractivity (Wildman–Crippen MR) is 54.5 cm³/mol. The number of aromatic hydroxyl groups is 1. The maximum Gasteiger partial charge on any atom is 0.168 e. The van der Waals surface area contributed by atoms with Crippen molar-refractivity contribution in [3.05, 3.63) is 24.0 Å². The van der Waals surface area contributed by atoms with Crippen LogP contribution in [0, 0.1) is 5.82 Å². The number of hydrogen-bond donors (Lipinski definition) is 2. The molecule has 4 heteroatoms. The van der Waals surface area contributed by atoms with E-state index < -0.39 is 5.82 Å². The summed E-state index contributed by atoms with van der Waals surface area (Å²) in [7, 11) is 0. The van der Waals surface area contributed by atoms with Crippen LogP contribution < -0.4 is 4.74 Å². The van der Waals surface area contributed by atoms with Crippen molar-refractivity contribution in [2.45, 2.75) is 19.3 Å². The van der Waals surface area contributed by atoms with E-state index in [2.05, 4.69) is 0 Å². The van der Waals surface area contributed by atoms with Gasteiger partial charge in [0.1, 0.15) is 5.75 Å². The van der Waals surface area contributed by atoms with Crippen molar-refractivity contribution in [3.63, 3.8) is 0 Å². The van der Waals surface area contributed by atoms with Crippen molar-refractivity contribution in [1.82, 2.24) is 0 Å². The molecule has 0 heterocycles. The molecule has 0 saturated carbocycles. The van der Waals surface area contributed by atoms with Gasteiger partial charge in [-0.25, -0.2) is 4.39 Å². The van der Waals surface area contributed by atoms with Crippen LogP contribution in [0.4, 0.5) is 4.39 Å². The highest BCUT2D eigenvalue weighted by atomic mass is 19.1. The van der Waals surface area contributed by atoms with Crippen LogP contribution in [0.1, 0.15) is 19.3 Å². The Bertz CT molecular complexity index is 302. The first-order valence-corrected chi connectivity index (χ1v) is 4.96. The maximum absolute atomic E-state index is 12.8. The van der Waals surface area contributed by atoms with E-state index in [0.29, 0.717) is 12.4 Å². The average molecular weight is 214 g/mol. The minimum Gasteiger partial charge on any atom is -0.505 e. The molecule has 15 heavy (non-hydrogen) atoms. The van der Waals surface area contributed by atoms with E-state index in [-0.39, 0.29) is 12.4 Å². The Morgan fingerprint density at radius 2 is 2.00 bits per heavy atom. The number of aliphatic hydroxyl groups is 1. The molecule has 1 aromatic rings. The van der Waals surface area contributed by atoms with E-state index >= 15 is 0 Å². The number of ether oxygens (including phenoxy) is 1. The Kier molecular flexibility index (Phi) is 4.90. The van der Waals surface area contributed by atoms with E-state index in [4.69, 9.17) is 14.9 Å². The minimum atomic E-state index is -0.678.